The van der Waals surface area contributed by atoms with E-state index in [1.807, 2.05) is 26.0 Å². The van der Waals surface area contributed by atoms with Crippen molar-refractivity contribution >= 4 is 23.4 Å². The Morgan fingerprint density at radius 2 is 1.83 bits per heavy atom. The highest BCUT2D eigenvalue weighted by atomic mass is 35.5. The summed E-state index contributed by atoms with van der Waals surface area (Å²) in [5.41, 5.74) is 0.969. The van der Waals surface area contributed by atoms with E-state index in [1.165, 1.54) is 0 Å². The Morgan fingerprint density at radius 1 is 1.17 bits per heavy atom. The van der Waals surface area contributed by atoms with E-state index in [2.05, 4.69) is 12.2 Å². The van der Waals surface area contributed by atoms with E-state index in [1.54, 1.807) is 17.0 Å². The number of amides is 2. The fourth-order valence-electron chi connectivity index (χ4n) is 2.42. The fourth-order valence-corrected chi connectivity index (χ4v) is 2.54. The Balaban J connectivity index is 2.86. The molecule has 4 nitrogen and oxygen atoms in total. The molecule has 0 radical (unpaired) electrons. The summed E-state index contributed by atoms with van der Waals surface area (Å²) >= 11 is 5.90. The largest absolute Gasteiger partial charge is 0.354 e. The van der Waals surface area contributed by atoms with E-state index in [4.69, 9.17) is 11.6 Å². The smallest absolute Gasteiger partial charge is 0.242 e. The van der Waals surface area contributed by atoms with Gasteiger partial charge in [-0.25, -0.2) is 0 Å². The number of unbranched alkanes of at least 4 members (excludes halogenated alkanes) is 1. The van der Waals surface area contributed by atoms with Crippen molar-refractivity contribution in [1.29, 1.82) is 0 Å². The Labute approximate surface area is 144 Å². The van der Waals surface area contributed by atoms with E-state index >= 15 is 0 Å². The quantitative estimate of drug-likeness (QED) is 0.697. The SMILES string of the molecule is CCCCNC(=O)[C@H](CC)N(Cc1ccc(Cl)cc1)C(=O)CC. The molecule has 1 aromatic carbocycles. The molecule has 23 heavy (non-hydrogen) atoms. The van der Waals surface area contributed by atoms with Gasteiger partial charge in [0.15, 0.2) is 0 Å². The zero-order valence-electron chi connectivity index (χ0n) is 14.3. The second-order valence-electron chi connectivity index (χ2n) is 5.57. The molecule has 1 N–H and O–H groups in total. The van der Waals surface area contributed by atoms with Crippen LogP contribution in [0.25, 0.3) is 0 Å². The molecule has 0 spiro atoms. The van der Waals surface area contributed by atoms with E-state index in [0.717, 1.165) is 18.4 Å². The predicted molar refractivity (Wildman–Crippen MR) is 94.3 cm³/mol. The van der Waals surface area contributed by atoms with Crippen LogP contribution in [-0.2, 0) is 16.1 Å². The number of nitrogens with one attached hydrogen (secondary N) is 1. The van der Waals surface area contributed by atoms with E-state index in [-0.39, 0.29) is 11.8 Å². The third-order valence-electron chi connectivity index (χ3n) is 3.78. The van der Waals surface area contributed by atoms with Gasteiger partial charge in [0.1, 0.15) is 6.04 Å². The maximum atomic E-state index is 12.4. The van der Waals surface area contributed by atoms with Crippen LogP contribution in [-0.4, -0.2) is 29.3 Å². The van der Waals surface area contributed by atoms with Crippen molar-refractivity contribution in [2.75, 3.05) is 6.54 Å². The minimum atomic E-state index is -0.435. The van der Waals surface area contributed by atoms with Crippen molar-refractivity contribution in [2.24, 2.45) is 0 Å². The number of hydrogen-bond acceptors (Lipinski definition) is 2. The van der Waals surface area contributed by atoms with Crippen molar-refractivity contribution in [1.82, 2.24) is 10.2 Å². The van der Waals surface area contributed by atoms with Gasteiger partial charge in [-0.3, -0.25) is 9.59 Å². The lowest BCUT2D eigenvalue weighted by Gasteiger charge is -2.30. The minimum absolute atomic E-state index is 0.0163. The zero-order valence-corrected chi connectivity index (χ0v) is 15.0. The van der Waals surface area contributed by atoms with Crippen LogP contribution >= 0.6 is 11.6 Å². The molecular formula is C18H27ClN2O2. The number of hydrogen-bond donors (Lipinski definition) is 1. The number of halogens is 1. The monoisotopic (exact) mass is 338 g/mol. The zero-order chi connectivity index (χ0) is 17.2. The van der Waals surface area contributed by atoms with Crippen LogP contribution in [0.4, 0.5) is 0 Å². The van der Waals surface area contributed by atoms with Crippen molar-refractivity contribution in [3.63, 3.8) is 0 Å². The molecule has 128 valence electrons. The topological polar surface area (TPSA) is 49.4 Å². The maximum absolute atomic E-state index is 12.4. The van der Waals surface area contributed by atoms with E-state index in [9.17, 15) is 9.59 Å². The van der Waals surface area contributed by atoms with Gasteiger partial charge in [-0.1, -0.05) is 50.9 Å². The lowest BCUT2D eigenvalue weighted by molar-refractivity contribution is -0.141. The number of nitrogens with zero attached hydrogens (tertiary/aromatic N) is 1. The molecule has 1 aromatic rings. The van der Waals surface area contributed by atoms with Gasteiger partial charge in [0.2, 0.25) is 11.8 Å². The first kappa shape index (κ1) is 19.5. The second-order valence-corrected chi connectivity index (χ2v) is 6.01. The number of benzene rings is 1. The molecule has 0 bridgehead atoms. The van der Waals surface area contributed by atoms with E-state index < -0.39 is 6.04 Å². The van der Waals surface area contributed by atoms with Crippen molar-refractivity contribution in [3.05, 3.63) is 34.9 Å². The van der Waals surface area contributed by atoms with Gasteiger partial charge < -0.3 is 10.2 Å². The molecule has 0 heterocycles. The van der Waals surface area contributed by atoms with Crippen molar-refractivity contribution in [3.8, 4) is 0 Å². The molecule has 1 rings (SSSR count). The summed E-state index contributed by atoms with van der Waals surface area (Å²) < 4.78 is 0. The Kier molecular flexibility index (Phi) is 8.70. The fraction of sp³-hybridized carbons (Fsp3) is 0.556. The molecule has 0 unspecified atom stereocenters. The average molecular weight is 339 g/mol. The van der Waals surface area contributed by atoms with Gasteiger partial charge in [0, 0.05) is 24.5 Å². The van der Waals surface area contributed by atoms with Crippen LogP contribution in [0.3, 0.4) is 0 Å². The van der Waals surface area contributed by atoms with Crippen LogP contribution < -0.4 is 5.32 Å². The molecule has 0 aliphatic heterocycles. The standard InChI is InChI=1S/C18H27ClN2O2/c1-4-7-12-20-18(23)16(5-2)21(17(22)6-3)13-14-8-10-15(19)11-9-14/h8-11,16H,4-7,12-13H2,1-3H3,(H,20,23)/t16-/m0/s1. The summed E-state index contributed by atoms with van der Waals surface area (Å²) in [4.78, 5) is 26.4. The van der Waals surface area contributed by atoms with Crippen molar-refractivity contribution < 1.29 is 9.59 Å². The summed E-state index contributed by atoms with van der Waals surface area (Å²) in [6, 6.07) is 6.94. The molecule has 0 aliphatic carbocycles. The average Bonchev–Trinajstić information content (AvgIpc) is 2.56. The Morgan fingerprint density at radius 3 is 2.35 bits per heavy atom. The molecule has 0 aromatic heterocycles. The molecule has 1 atom stereocenters. The summed E-state index contributed by atoms with van der Waals surface area (Å²) in [7, 11) is 0. The summed E-state index contributed by atoms with van der Waals surface area (Å²) in [6.45, 7) is 6.90. The summed E-state index contributed by atoms with van der Waals surface area (Å²) in [6.07, 6.45) is 2.95. The van der Waals surface area contributed by atoms with Crippen LogP contribution in [0.1, 0.15) is 52.0 Å². The molecule has 0 saturated heterocycles. The predicted octanol–water partition coefficient (Wildman–Crippen LogP) is 3.77. The van der Waals surface area contributed by atoms with Gasteiger partial charge in [-0.2, -0.15) is 0 Å². The normalized spacial score (nSPS) is 11.8. The molecular weight excluding hydrogens is 312 g/mol. The first-order chi connectivity index (χ1) is 11.0. The second kappa shape index (κ2) is 10.3. The lowest BCUT2D eigenvalue weighted by Crippen LogP contribution is -2.49. The van der Waals surface area contributed by atoms with Crippen LogP contribution in [0.2, 0.25) is 5.02 Å². The van der Waals surface area contributed by atoms with Gasteiger partial charge >= 0.3 is 0 Å². The molecule has 0 aliphatic rings. The minimum Gasteiger partial charge on any atom is -0.354 e. The van der Waals surface area contributed by atoms with Gasteiger partial charge in [0.25, 0.3) is 0 Å². The van der Waals surface area contributed by atoms with Gasteiger partial charge in [-0.15, -0.1) is 0 Å². The summed E-state index contributed by atoms with van der Waals surface area (Å²) in [5.74, 6) is -0.0887. The third-order valence-corrected chi connectivity index (χ3v) is 4.04. The van der Waals surface area contributed by atoms with Gasteiger partial charge in [0.05, 0.1) is 0 Å². The Hall–Kier alpha value is -1.55. The molecule has 2 amide bonds. The first-order valence-corrected chi connectivity index (χ1v) is 8.72. The number of rotatable bonds is 9. The first-order valence-electron chi connectivity index (χ1n) is 8.35. The van der Waals surface area contributed by atoms with Crippen LogP contribution in [0.5, 0.6) is 0 Å². The molecule has 0 fully saturated rings. The van der Waals surface area contributed by atoms with Gasteiger partial charge in [-0.05, 0) is 30.5 Å². The lowest BCUT2D eigenvalue weighted by atomic mass is 10.1. The maximum Gasteiger partial charge on any atom is 0.242 e. The molecule has 0 saturated carbocycles. The highest BCUT2D eigenvalue weighted by molar-refractivity contribution is 6.30. The number of carbonyl (C=O) groups excluding carboxylic acids is 2. The number of carbonyl (C=O) groups is 2. The highest BCUT2D eigenvalue weighted by Gasteiger charge is 2.27. The molecule has 5 heteroatoms. The highest BCUT2D eigenvalue weighted by Crippen LogP contribution is 2.16. The Bertz CT molecular complexity index is 502. The van der Waals surface area contributed by atoms with E-state index in [0.29, 0.717) is 31.0 Å². The summed E-state index contributed by atoms with van der Waals surface area (Å²) in [5, 5.41) is 3.59. The van der Waals surface area contributed by atoms with Crippen LogP contribution in [0.15, 0.2) is 24.3 Å². The third kappa shape index (κ3) is 6.22. The van der Waals surface area contributed by atoms with Crippen molar-refractivity contribution in [2.45, 2.75) is 59.0 Å². The van der Waals surface area contributed by atoms with Crippen LogP contribution in [0, 0.1) is 0 Å².